The van der Waals surface area contributed by atoms with Crippen LogP contribution >= 0.6 is 0 Å². The minimum atomic E-state index is -0.930. The lowest BCUT2D eigenvalue weighted by molar-refractivity contribution is 0.0778. The van der Waals surface area contributed by atoms with Crippen LogP contribution in [-0.2, 0) is 12.0 Å². The SMILES string of the molecule is CC1(C)[C@H]2CC[C@]1(c1cccc(-c3cn(C[C@H](O)CO)nn3)n1)c1nnc(-c3c(F)cccc3F)cc12. The first-order chi connectivity index (χ1) is 17.8. The van der Waals surface area contributed by atoms with Crippen molar-refractivity contribution >= 4 is 0 Å². The van der Waals surface area contributed by atoms with Crippen LogP contribution in [0.25, 0.3) is 22.6 Å². The van der Waals surface area contributed by atoms with E-state index in [1.54, 1.807) is 12.3 Å². The standard InChI is InChI=1S/C27H26F2N6O2/c1-26(2)17-9-10-27(26,25-16(17)11-21(31-33-25)24-18(28)5-3-6-19(24)29)23-8-4-7-20(30-23)22-13-35(34-32-22)12-15(37)14-36/h3-8,11,13,15,17,36-37H,9-10,12,14H2,1-2H3/t15-,17-,27-/m0/s1. The van der Waals surface area contributed by atoms with Crippen molar-refractivity contribution in [3.63, 3.8) is 0 Å². The van der Waals surface area contributed by atoms with Crippen molar-refractivity contribution in [2.45, 2.75) is 50.7 Å². The molecule has 0 spiro atoms. The Morgan fingerprint density at radius 1 is 1.03 bits per heavy atom. The van der Waals surface area contributed by atoms with Crippen molar-refractivity contribution in [3.05, 3.63) is 77.2 Å². The van der Waals surface area contributed by atoms with Crippen LogP contribution < -0.4 is 0 Å². The van der Waals surface area contributed by atoms with E-state index >= 15 is 0 Å². The topological polar surface area (TPSA) is 110 Å². The van der Waals surface area contributed by atoms with Gasteiger partial charge in [-0.05, 0) is 60.1 Å². The predicted molar refractivity (Wildman–Crippen MR) is 130 cm³/mol. The molecule has 3 heterocycles. The van der Waals surface area contributed by atoms with Crippen molar-refractivity contribution in [3.8, 4) is 22.6 Å². The summed E-state index contributed by atoms with van der Waals surface area (Å²) in [5, 5.41) is 35.9. The smallest absolute Gasteiger partial charge is 0.135 e. The van der Waals surface area contributed by atoms with E-state index in [1.165, 1.54) is 22.9 Å². The van der Waals surface area contributed by atoms with Crippen molar-refractivity contribution in [1.82, 2.24) is 30.2 Å². The van der Waals surface area contributed by atoms with Gasteiger partial charge in [0.05, 0.1) is 59.2 Å². The van der Waals surface area contributed by atoms with Gasteiger partial charge in [0, 0.05) is 0 Å². The zero-order valence-electron chi connectivity index (χ0n) is 20.4. The molecule has 0 radical (unpaired) electrons. The van der Waals surface area contributed by atoms with Crippen LogP contribution in [0.15, 0.2) is 48.7 Å². The Hall–Kier alpha value is -3.63. The van der Waals surface area contributed by atoms with Crippen molar-refractivity contribution in [2.75, 3.05) is 6.61 Å². The van der Waals surface area contributed by atoms with Crippen LogP contribution in [0.1, 0.15) is 49.6 Å². The molecule has 1 fully saturated rings. The van der Waals surface area contributed by atoms with Crippen molar-refractivity contribution < 1.29 is 19.0 Å². The average molecular weight is 505 g/mol. The Balaban J connectivity index is 1.43. The molecule has 0 aliphatic heterocycles. The summed E-state index contributed by atoms with van der Waals surface area (Å²) in [7, 11) is 0. The molecule has 37 heavy (non-hydrogen) atoms. The summed E-state index contributed by atoms with van der Waals surface area (Å²) >= 11 is 0. The molecule has 2 aliphatic carbocycles. The van der Waals surface area contributed by atoms with Crippen LogP contribution in [0.5, 0.6) is 0 Å². The van der Waals surface area contributed by atoms with Crippen LogP contribution in [0.3, 0.4) is 0 Å². The fourth-order valence-electron chi connectivity index (χ4n) is 6.35. The molecule has 1 aromatic carbocycles. The van der Waals surface area contributed by atoms with Crippen molar-refractivity contribution in [1.29, 1.82) is 0 Å². The number of fused-ring (bicyclic) bond motifs is 5. The fourth-order valence-corrected chi connectivity index (χ4v) is 6.35. The highest BCUT2D eigenvalue weighted by molar-refractivity contribution is 5.64. The zero-order chi connectivity index (χ0) is 25.9. The molecule has 0 unspecified atom stereocenters. The highest BCUT2D eigenvalue weighted by Crippen LogP contribution is 2.69. The van der Waals surface area contributed by atoms with Crippen LogP contribution in [-0.4, -0.2) is 53.1 Å². The third-order valence-corrected chi connectivity index (χ3v) is 8.20. The maximum atomic E-state index is 14.5. The van der Waals surface area contributed by atoms with E-state index < -0.39 is 23.2 Å². The molecule has 4 aromatic rings. The van der Waals surface area contributed by atoms with Gasteiger partial charge >= 0.3 is 0 Å². The Bertz CT molecular complexity index is 1490. The minimum Gasteiger partial charge on any atom is -0.394 e. The maximum absolute atomic E-state index is 14.5. The molecule has 2 N–H and O–H groups in total. The number of nitrogens with zero attached hydrogens (tertiary/aromatic N) is 6. The van der Waals surface area contributed by atoms with E-state index in [0.29, 0.717) is 11.4 Å². The third-order valence-electron chi connectivity index (χ3n) is 8.20. The van der Waals surface area contributed by atoms with Gasteiger partial charge in [-0.15, -0.1) is 10.2 Å². The molecule has 2 aliphatic rings. The second-order valence-electron chi connectivity index (χ2n) is 10.4. The molecule has 0 saturated heterocycles. The lowest BCUT2D eigenvalue weighted by Gasteiger charge is -2.37. The van der Waals surface area contributed by atoms with E-state index in [-0.39, 0.29) is 35.7 Å². The number of aromatic nitrogens is 6. The molecule has 190 valence electrons. The number of rotatable bonds is 6. The number of benzene rings is 1. The Morgan fingerprint density at radius 2 is 1.78 bits per heavy atom. The third kappa shape index (κ3) is 3.42. The summed E-state index contributed by atoms with van der Waals surface area (Å²) in [6, 6.07) is 11.3. The number of aliphatic hydroxyl groups excluding tert-OH is 2. The average Bonchev–Trinajstić information content (AvgIpc) is 3.51. The Morgan fingerprint density at radius 3 is 2.54 bits per heavy atom. The molecule has 3 aromatic heterocycles. The molecule has 8 nitrogen and oxygen atoms in total. The second-order valence-corrected chi connectivity index (χ2v) is 10.4. The zero-order valence-corrected chi connectivity index (χ0v) is 20.4. The molecule has 10 heteroatoms. The van der Waals surface area contributed by atoms with Gasteiger partial charge < -0.3 is 10.2 Å². The summed E-state index contributed by atoms with van der Waals surface area (Å²) in [4.78, 5) is 5.00. The maximum Gasteiger partial charge on any atom is 0.135 e. The molecule has 6 rings (SSSR count). The van der Waals surface area contributed by atoms with Crippen LogP contribution in [0, 0.1) is 17.0 Å². The molecule has 1 saturated carbocycles. The lowest BCUT2D eigenvalue weighted by atomic mass is 9.66. The van der Waals surface area contributed by atoms with Crippen molar-refractivity contribution in [2.24, 2.45) is 5.41 Å². The first kappa shape index (κ1) is 23.7. The molecule has 0 amide bonds. The Kier molecular flexibility index (Phi) is 5.43. The summed E-state index contributed by atoms with van der Waals surface area (Å²) in [5.74, 6) is -1.20. The largest absolute Gasteiger partial charge is 0.394 e. The van der Waals surface area contributed by atoms with Gasteiger partial charge in [0.2, 0.25) is 0 Å². The van der Waals surface area contributed by atoms with Gasteiger partial charge in [0.1, 0.15) is 17.3 Å². The monoisotopic (exact) mass is 504 g/mol. The van der Waals surface area contributed by atoms with E-state index in [2.05, 4.69) is 34.4 Å². The van der Waals surface area contributed by atoms with Gasteiger partial charge in [-0.2, -0.15) is 5.10 Å². The number of halogens is 2. The summed E-state index contributed by atoms with van der Waals surface area (Å²) in [6.07, 6.45) is 2.47. The summed E-state index contributed by atoms with van der Waals surface area (Å²) in [6.45, 7) is 4.14. The number of aliphatic hydroxyl groups is 2. The van der Waals surface area contributed by atoms with E-state index in [1.807, 2.05) is 18.2 Å². The second kappa shape index (κ2) is 8.46. The molecular formula is C27H26F2N6O2. The normalized spacial score (nSPS) is 22.3. The van der Waals surface area contributed by atoms with Gasteiger partial charge in [0.15, 0.2) is 0 Å². The molecule has 2 bridgehead atoms. The number of hydrogen-bond acceptors (Lipinski definition) is 7. The first-order valence-corrected chi connectivity index (χ1v) is 12.3. The van der Waals surface area contributed by atoms with E-state index in [9.17, 15) is 13.9 Å². The number of pyridine rings is 1. The summed E-state index contributed by atoms with van der Waals surface area (Å²) in [5.41, 5.74) is 3.01. The minimum absolute atomic E-state index is 0.121. The highest BCUT2D eigenvalue weighted by atomic mass is 19.1. The quantitative estimate of drug-likeness (QED) is 0.413. The predicted octanol–water partition coefficient (Wildman–Crippen LogP) is 3.63. The summed E-state index contributed by atoms with van der Waals surface area (Å²) < 4.78 is 30.5. The van der Waals surface area contributed by atoms with E-state index in [4.69, 9.17) is 10.1 Å². The van der Waals surface area contributed by atoms with Crippen LogP contribution in [0.4, 0.5) is 8.78 Å². The highest BCUT2D eigenvalue weighted by Gasteiger charge is 2.65. The molecular weight excluding hydrogens is 478 g/mol. The Labute approximate surface area is 212 Å². The molecule has 3 atom stereocenters. The first-order valence-electron chi connectivity index (χ1n) is 12.3. The fraction of sp³-hybridized carbons (Fsp3) is 0.370. The van der Waals surface area contributed by atoms with Gasteiger partial charge in [-0.1, -0.05) is 31.2 Å². The lowest BCUT2D eigenvalue weighted by Crippen LogP contribution is -2.37. The van der Waals surface area contributed by atoms with Crippen LogP contribution in [0.2, 0.25) is 0 Å². The van der Waals surface area contributed by atoms with Gasteiger partial charge in [-0.3, -0.25) is 4.98 Å². The van der Waals surface area contributed by atoms with E-state index in [0.717, 1.165) is 29.8 Å². The number of hydrogen-bond donors (Lipinski definition) is 2. The van der Waals surface area contributed by atoms with Gasteiger partial charge in [-0.25, -0.2) is 13.5 Å². The van der Waals surface area contributed by atoms with Gasteiger partial charge in [0.25, 0.3) is 0 Å².